The molecule has 0 saturated carbocycles. The summed E-state index contributed by atoms with van der Waals surface area (Å²) in [6, 6.07) is 12.6. The molecule has 0 amide bonds. The van der Waals surface area contributed by atoms with Gasteiger partial charge < -0.3 is 15.6 Å². The molecule has 6 heteroatoms. The monoisotopic (exact) mass is 290 g/mol. The molecule has 0 heterocycles. The van der Waals surface area contributed by atoms with Crippen molar-refractivity contribution in [3.8, 4) is 11.5 Å². The van der Waals surface area contributed by atoms with E-state index in [-0.39, 0.29) is 11.7 Å². The Morgan fingerprint density at radius 2 is 1.48 bits per heavy atom. The molecule has 0 spiro atoms. The second-order valence-corrected chi connectivity index (χ2v) is 4.01. The zero-order valence-corrected chi connectivity index (χ0v) is 11.3. The van der Waals surface area contributed by atoms with Crippen molar-refractivity contribution in [1.29, 1.82) is 5.41 Å². The van der Waals surface area contributed by atoms with Crippen molar-refractivity contribution >= 4 is 11.8 Å². The van der Waals surface area contributed by atoms with Crippen LogP contribution in [-0.2, 0) is 4.79 Å². The molecule has 4 N–H and O–H groups in total. The molecule has 0 unspecified atom stereocenters. The summed E-state index contributed by atoms with van der Waals surface area (Å²) in [6.07, 6.45) is 0. The molecular weight excluding hydrogens is 275 g/mol. The number of carbonyl (C=O) groups is 1. The van der Waals surface area contributed by atoms with Crippen LogP contribution in [0, 0.1) is 11.2 Å². The number of nitrogens with one attached hydrogen (secondary N) is 1. The molecule has 0 saturated heterocycles. The van der Waals surface area contributed by atoms with Crippen LogP contribution in [0.5, 0.6) is 11.5 Å². The Morgan fingerprint density at radius 3 is 1.86 bits per heavy atom. The van der Waals surface area contributed by atoms with Crippen molar-refractivity contribution in [2.75, 3.05) is 0 Å². The van der Waals surface area contributed by atoms with Gasteiger partial charge in [-0.2, -0.15) is 0 Å². The maximum absolute atomic E-state index is 12.7. The highest BCUT2D eigenvalue weighted by atomic mass is 19.1. The number of carboxylic acids is 1. The molecule has 2 rings (SSSR count). The lowest BCUT2D eigenvalue weighted by Crippen LogP contribution is -2.10. The summed E-state index contributed by atoms with van der Waals surface area (Å²) < 4.78 is 18.2. The summed E-state index contributed by atoms with van der Waals surface area (Å²) in [4.78, 5) is 9.00. The van der Waals surface area contributed by atoms with E-state index in [9.17, 15) is 4.39 Å². The molecule has 110 valence electrons. The summed E-state index contributed by atoms with van der Waals surface area (Å²) in [5.74, 6) is 0.0474. The van der Waals surface area contributed by atoms with Gasteiger partial charge in [-0.3, -0.25) is 10.2 Å². The zero-order chi connectivity index (χ0) is 15.8. The van der Waals surface area contributed by atoms with Crippen LogP contribution in [0.2, 0.25) is 0 Å². The number of aliphatic carboxylic acids is 1. The number of halogens is 1. The third kappa shape index (κ3) is 6.20. The molecule has 0 bridgehead atoms. The summed E-state index contributed by atoms with van der Waals surface area (Å²) >= 11 is 0. The third-order valence-electron chi connectivity index (χ3n) is 2.21. The lowest BCUT2D eigenvalue weighted by atomic mass is 10.2. The molecule has 0 aliphatic heterocycles. The number of amidine groups is 1. The van der Waals surface area contributed by atoms with Crippen LogP contribution < -0.4 is 10.5 Å². The van der Waals surface area contributed by atoms with Crippen molar-refractivity contribution in [2.45, 2.75) is 6.92 Å². The van der Waals surface area contributed by atoms with E-state index >= 15 is 0 Å². The van der Waals surface area contributed by atoms with E-state index in [0.29, 0.717) is 17.1 Å². The van der Waals surface area contributed by atoms with Crippen molar-refractivity contribution in [3.05, 3.63) is 59.9 Å². The van der Waals surface area contributed by atoms with Gasteiger partial charge in [0.05, 0.1) is 0 Å². The van der Waals surface area contributed by atoms with Gasteiger partial charge >= 0.3 is 0 Å². The Labute approximate surface area is 121 Å². The van der Waals surface area contributed by atoms with E-state index in [1.54, 1.807) is 36.4 Å². The first-order valence-electron chi connectivity index (χ1n) is 5.96. The Hall–Kier alpha value is -2.89. The third-order valence-corrected chi connectivity index (χ3v) is 2.21. The van der Waals surface area contributed by atoms with E-state index < -0.39 is 5.97 Å². The average molecular weight is 290 g/mol. The van der Waals surface area contributed by atoms with Crippen molar-refractivity contribution in [3.63, 3.8) is 0 Å². The number of ether oxygens (including phenoxy) is 1. The first-order valence-corrected chi connectivity index (χ1v) is 5.96. The Morgan fingerprint density at radius 1 is 1.10 bits per heavy atom. The van der Waals surface area contributed by atoms with E-state index in [2.05, 4.69) is 0 Å². The van der Waals surface area contributed by atoms with Crippen LogP contribution in [0.1, 0.15) is 12.5 Å². The second kappa shape index (κ2) is 7.64. The fourth-order valence-corrected chi connectivity index (χ4v) is 1.34. The summed E-state index contributed by atoms with van der Waals surface area (Å²) in [5.41, 5.74) is 5.97. The largest absolute Gasteiger partial charge is 0.481 e. The molecule has 2 aromatic rings. The van der Waals surface area contributed by atoms with Gasteiger partial charge in [0.1, 0.15) is 23.2 Å². The fraction of sp³-hybridized carbons (Fsp3) is 0.0667. The van der Waals surface area contributed by atoms with Crippen LogP contribution in [0.25, 0.3) is 0 Å². The van der Waals surface area contributed by atoms with Crippen LogP contribution >= 0.6 is 0 Å². The normalized spacial score (nSPS) is 9.24. The van der Waals surface area contributed by atoms with Gasteiger partial charge in [-0.25, -0.2) is 4.39 Å². The lowest BCUT2D eigenvalue weighted by molar-refractivity contribution is -0.134. The number of nitrogen functional groups attached to an aromatic ring is 1. The van der Waals surface area contributed by atoms with E-state index in [0.717, 1.165) is 6.92 Å². The molecule has 0 aliphatic carbocycles. The van der Waals surface area contributed by atoms with Gasteiger partial charge in [0.25, 0.3) is 5.97 Å². The second-order valence-electron chi connectivity index (χ2n) is 4.01. The van der Waals surface area contributed by atoms with E-state index in [1.165, 1.54) is 12.1 Å². The van der Waals surface area contributed by atoms with Crippen LogP contribution in [0.4, 0.5) is 4.39 Å². The van der Waals surface area contributed by atoms with Crippen LogP contribution in [0.3, 0.4) is 0 Å². The maximum Gasteiger partial charge on any atom is 0.300 e. The molecule has 0 fully saturated rings. The smallest absolute Gasteiger partial charge is 0.300 e. The topological polar surface area (TPSA) is 96.4 Å². The maximum atomic E-state index is 12.7. The minimum Gasteiger partial charge on any atom is -0.481 e. The fourth-order valence-electron chi connectivity index (χ4n) is 1.34. The van der Waals surface area contributed by atoms with Gasteiger partial charge in [-0.1, -0.05) is 0 Å². The molecule has 0 aliphatic rings. The molecular formula is C15H15FN2O3. The highest BCUT2D eigenvalue weighted by Gasteiger charge is 1.99. The predicted octanol–water partition coefficient (Wildman–Crippen LogP) is 2.99. The number of benzene rings is 2. The first kappa shape index (κ1) is 16.2. The highest BCUT2D eigenvalue weighted by Crippen LogP contribution is 2.21. The number of rotatable bonds is 3. The van der Waals surface area contributed by atoms with Crippen molar-refractivity contribution in [2.24, 2.45) is 5.73 Å². The Balaban J connectivity index is 0.000000491. The van der Waals surface area contributed by atoms with Crippen LogP contribution in [-0.4, -0.2) is 16.9 Å². The summed E-state index contributed by atoms with van der Waals surface area (Å²) in [6.45, 7) is 1.08. The van der Waals surface area contributed by atoms with Gasteiger partial charge in [-0.05, 0) is 48.5 Å². The Kier molecular flexibility index (Phi) is 5.88. The minimum atomic E-state index is -0.833. The number of carboxylic acid groups (broad SMARTS) is 1. The number of hydrogen-bond acceptors (Lipinski definition) is 3. The van der Waals surface area contributed by atoms with Gasteiger partial charge in [0, 0.05) is 12.5 Å². The summed E-state index contributed by atoms with van der Waals surface area (Å²) in [7, 11) is 0. The zero-order valence-electron chi connectivity index (χ0n) is 11.3. The highest BCUT2D eigenvalue weighted by molar-refractivity contribution is 5.94. The molecule has 5 nitrogen and oxygen atoms in total. The number of nitrogens with two attached hydrogens (primary N) is 1. The van der Waals surface area contributed by atoms with Crippen molar-refractivity contribution < 1.29 is 19.0 Å². The first-order chi connectivity index (χ1) is 9.88. The molecule has 21 heavy (non-hydrogen) atoms. The van der Waals surface area contributed by atoms with E-state index in [1.807, 2.05) is 0 Å². The van der Waals surface area contributed by atoms with E-state index in [4.69, 9.17) is 25.8 Å². The molecule has 2 aromatic carbocycles. The average Bonchev–Trinajstić information content (AvgIpc) is 2.41. The minimum absolute atomic E-state index is 0.0123. The van der Waals surface area contributed by atoms with Gasteiger partial charge in [0.15, 0.2) is 0 Å². The lowest BCUT2D eigenvalue weighted by Gasteiger charge is -2.06. The summed E-state index contributed by atoms with van der Waals surface area (Å²) in [5, 5.41) is 14.7. The molecule has 0 aromatic heterocycles. The molecule has 0 atom stereocenters. The van der Waals surface area contributed by atoms with Gasteiger partial charge in [0.2, 0.25) is 0 Å². The SMILES string of the molecule is CC(=O)O.N=C(N)c1ccc(Oc2ccc(F)cc2)cc1. The predicted molar refractivity (Wildman–Crippen MR) is 77.2 cm³/mol. The van der Waals surface area contributed by atoms with Gasteiger partial charge in [-0.15, -0.1) is 0 Å². The Bertz CT molecular complexity index is 606. The standard InChI is InChI=1S/C13H11FN2O.C2H4O2/c14-10-3-7-12(8-4-10)17-11-5-1-9(2-6-11)13(15)16;1-2(3)4/h1-8H,(H3,15,16);1H3,(H,3,4). The number of hydrogen-bond donors (Lipinski definition) is 3. The molecule has 0 radical (unpaired) electrons. The van der Waals surface area contributed by atoms with Crippen LogP contribution in [0.15, 0.2) is 48.5 Å². The van der Waals surface area contributed by atoms with Crippen molar-refractivity contribution in [1.82, 2.24) is 0 Å². The quantitative estimate of drug-likeness (QED) is 0.598.